The summed E-state index contributed by atoms with van der Waals surface area (Å²) in [4.78, 5) is 27.9. The van der Waals surface area contributed by atoms with E-state index < -0.39 is 6.04 Å². The summed E-state index contributed by atoms with van der Waals surface area (Å²) in [6.07, 6.45) is 1.78. The lowest BCUT2D eigenvalue weighted by molar-refractivity contribution is -0.117. The van der Waals surface area contributed by atoms with Gasteiger partial charge in [-0.2, -0.15) is 0 Å². The van der Waals surface area contributed by atoms with Gasteiger partial charge in [0.25, 0.3) is 0 Å². The number of fused-ring (bicyclic) bond motifs is 3. The van der Waals surface area contributed by atoms with Crippen molar-refractivity contribution < 1.29 is 4.79 Å². The zero-order chi connectivity index (χ0) is 23.9. The molecule has 3 heterocycles. The number of para-hydroxylation sites is 2. The Morgan fingerprint density at radius 2 is 1.66 bits per heavy atom. The Kier molecular flexibility index (Phi) is 5.51. The summed E-state index contributed by atoms with van der Waals surface area (Å²) in [5.41, 5.74) is 5.82. The molecular formula is C28H22N4OS2. The van der Waals surface area contributed by atoms with Crippen molar-refractivity contribution in [3.63, 3.8) is 0 Å². The molecule has 2 aromatic heterocycles. The fourth-order valence-electron chi connectivity index (χ4n) is 4.34. The average Bonchev–Trinajstić information content (AvgIpc) is 3.32. The summed E-state index contributed by atoms with van der Waals surface area (Å²) in [6.45, 7) is 3.97. The van der Waals surface area contributed by atoms with Gasteiger partial charge in [0, 0.05) is 27.2 Å². The summed E-state index contributed by atoms with van der Waals surface area (Å²) < 4.78 is 0. The highest BCUT2D eigenvalue weighted by Crippen LogP contribution is 2.48. The molecule has 1 aliphatic heterocycles. The fraction of sp³-hybridized carbons (Fsp3) is 0.107. The number of amides is 1. The van der Waals surface area contributed by atoms with Gasteiger partial charge in [-0.05, 0) is 74.0 Å². The van der Waals surface area contributed by atoms with Crippen molar-refractivity contribution in [2.75, 3.05) is 10.2 Å². The van der Waals surface area contributed by atoms with Gasteiger partial charge in [0.05, 0.1) is 11.4 Å². The van der Waals surface area contributed by atoms with Gasteiger partial charge in [0.1, 0.15) is 21.4 Å². The molecule has 35 heavy (non-hydrogen) atoms. The van der Waals surface area contributed by atoms with Crippen molar-refractivity contribution in [2.45, 2.75) is 29.7 Å². The van der Waals surface area contributed by atoms with E-state index in [1.807, 2.05) is 62.4 Å². The van der Waals surface area contributed by atoms with Crippen LogP contribution in [0.25, 0.3) is 20.9 Å². The molecule has 1 amide bonds. The molecule has 1 unspecified atom stereocenters. The Labute approximate surface area is 211 Å². The van der Waals surface area contributed by atoms with Crippen LogP contribution in [0.3, 0.4) is 0 Å². The van der Waals surface area contributed by atoms with Gasteiger partial charge < -0.3 is 10.2 Å². The minimum absolute atomic E-state index is 0.0541. The number of benzene rings is 3. The molecule has 5 aromatic rings. The standard InChI is InChI=1S/C28H22N4OS2/c1-17-16-19(27-31-21-8-7-15-29-28(21)35-27)13-14-20(17)30-26(33)18(2)32-22-9-3-5-11-24(22)34-25-12-6-4-10-23(25)32/h3-16,18H,1-2H3,(H,30,33). The highest BCUT2D eigenvalue weighted by atomic mass is 32.2. The minimum atomic E-state index is -0.396. The van der Waals surface area contributed by atoms with Crippen LogP contribution >= 0.6 is 23.1 Å². The van der Waals surface area contributed by atoms with Crippen molar-refractivity contribution in [3.05, 3.63) is 90.6 Å². The third-order valence-electron chi connectivity index (χ3n) is 6.13. The number of thiazole rings is 1. The van der Waals surface area contributed by atoms with Crippen LogP contribution in [0.5, 0.6) is 0 Å². The number of rotatable bonds is 4. The van der Waals surface area contributed by atoms with Gasteiger partial charge in [-0.3, -0.25) is 4.79 Å². The van der Waals surface area contributed by atoms with Crippen LogP contribution < -0.4 is 10.2 Å². The van der Waals surface area contributed by atoms with Crippen LogP contribution in [0.15, 0.2) is 94.9 Å². The van der Waals surface area contributed by atoms with Crippen LogP contribution in [0.2, 0.25) is 0 Å². The van der Waals surface area contributed by atoms with Crippen LogP contribution in [0.4, 0.5) is 17.1 Å². The number of aryl methyl sites for hydroxylation is 1. The molecule has 0 saturated heterocycles. The molecule has 172 valence electrons. The topological polar surface area (TPSA) is 58.1 Å². The number of aromatic nitrogens is 2. The van der Waals surface area contributed by atoms with Crippen molar-refractivity contribution in [2.24, 2.45) is 0 Å². The molecule has 0 spiro atoms. The van der Waals surface area contributed by atoms with E-state index in [1.54, 1.807) is 29.3 Å². The zero-order valence-electron chi connectivity index (χ0n) is 19.2. The predicted molar refractivity (Wildman–Crippen MR) is 145 cm³/mol. The highest BCUT2D eigenvalue weighted by Gasteiger charge is 2.30. The van der Waals surface area contributed by atoms with Crippen molar-refractivity contribution in [1.82, 2.24) is 9.97 Å². The molecule has 0 saturated carbocycles. The Hall–Kier alpha value is -3.68. The minimum Gasteiger partial charge on any atom is -0.327 e. The Morgan fingerprint density at radius 1 is 0.943 bits per heavy atom. The number of anilines is 3. The van der Waals surface area contributed by atoms with Crippen LogP contribution in [0, 0.1) is 6.92 Å². The largest absolute Gasteiger partial charge is 0.327 e. The summed E-state index contributed by atoms with van der Waals surface area (Å²) in [7, 11) is 0. The molecule has 5 nitrogen and oxygen atoms in total. The third kappa shape index (κ3) is 3.96. The molecule has 6 rings (SSSR count). The maximum Gasteiger partial charge on any atom is 0.247 e. The molecule has 0 bridgehead atoms. The summed E-state index contributed by atoms with van der Waals surface area (Å²) in [5, 5.41) is 4.08. The number of nitrogens with one attached hydrogen (secondary N) is 1. The average molecular weight is 495 g/mol. The van der Waals surface area contributed by atoms with Crippen molar-refractivity contribution in [1.29, 1.82) is 0 Å². The molecule has 3 aromatic carbocycles. The van der Waals surface area contributed by atoms with Gasteiger partial charge in [-0.15, -0.1) is 0 Å². The van der Waals surface area contributed by atoms with Crippen LogP contribution in [-0.2, 0) is 4.79 Å². The second-order valence-corrected chi connectivity index (χ2v) is 10.5. The molecule has 0 aliphatic carbocycles. The van der Waals surface area contributed by atoms with Gasteiger partial charge in [0.2, 0.25) is 5.91 Å². The smallest absolute Gasteiger partial charge is 0.247 e. The Morgan fingerprint density at radius 3 is 2.34 bits per heavy atom. The molecule has 0 fully saturated rings. The lowest BCUT2D eigenvalue weighted by Gasteiger charge is -2.36. The number of pyridine rings is 1. The lowest BCUT2D eigenvalue weighted by Crippen LogP contribution is -2.40. The zero-order valence-corrected chi connectivity index (χ0v) is 20.9. The van der Waals surface area contributed by atoms with Gasteiger partial charge in [-0.25, -0.2) is 9.97 Å². The number of carbonyl (C=O) groups is 1. The summed E-state index contributed by atoms with van der Waals surface area (Å²) in [5.74, 6) is -0.0541. The van der Waals surface area contributed by atoms with Crippen molar-refractivity contribution >= 4 is 56.4 Å². The Bertz CT molecular complexity index is 1500. The predicted octanol–water partition coefficient (Wildman–Crippen LogP) is 7.30. The van der Waals surface area contributed by atoms with Gasteiger partial charge >= 0.3 is 0 Å². The number of carbonyl (C=O) groups excluding carboxylic acids is 1. The normalized spacial score (nSPS) is 13.3. The lowest BCUT2D eigenvalue weighted by atomic mass is 10.1. The summed E-state index contributed by atoms with van der Waals surface area (Å²) >= 11 is 3.31. The highest BCUT2D eigenvalue weighted by molar-refractivity contribution is 7.99. The molecular weight excluding hydrogens is 472 g/mol. The second-order valence-electron chi connectivity index (χ2n) is 8.45. The first-order chi connectivity index (χ1) is 17.1. The molecule has 7 heteroatoms. The van der Waals surface area contributed by atoms with E-state index in [4.69, 9.17) is 4.98 Å². The first-order valence-corrected chi connectivity index (χ1v) is 13.0. The second kappa shape index (κ2) is 8.83. The molecule has 1 atom stereocenters. The number of hydrogen-bond acceptors (Lipinski definition) is 6. The van der Waals surface area contributed by atoms with Crippen molar-refractivity contribution in [3.8, 4) is 10.6 Å². The maximum absolute atomic E-state index is 13.5. The monoisotopic (exact) mass is 494 g/mol. The van der Waals surface area contributed by atoms with E-state index in [0.29, 0.717) is 0 Å². The molecule has 1 aliphatic rings. The first-order valence-electron chi connectivity index (χ1n) is 11.4. The molecule has 0 radical (unpaired) electrons. The third-order valence-corrected chi connectivity index (χ3v) is 8.29. The van der Waals surface area contributed by atoms with E-state index in [0.717, 1.165) is 53.3 Å². The van der Waals surface area contributed by atoms with Gasteiger partial charge in [-0.1, -0.05) is 47.4 Å². The first kappa shape index (κ1) is 21.8. The van der Waals surface area contributed by atoms with E-state index in [-0.39, 0.29) is 5.91 Å². The SMILES string of the molecule is Cc1cc(-c2nc3cccnc3s2)ccc1NC(=O)C(C)N1c2ccccc2Sc2ccccc21. The summed E-state index contributed by atoms with van der Waals surface area (Å²) in [6, 6.07) is 26.0. The molecule has 1 N–H and O–H groups in total. The number of nitrogens with zero attached hydrogens (tertiary/aromatic N) is 3. The van der Waals surface area contributed by atoms with E-state index in [2.05, 4.69) is 45.5 Å². The quantitative estimate of drug-likeness (QED) is 0.284. The fourth-order valence-corrected chi connectivity index (χ4v) is 6.31. The van der Waals surface area contributed by atoms with E-state index in [9.17, 15) is 4.79 Å². The van der Waals surface area contributed by atoms with Crippen LogP contribution in [0.1, 0.15) is 12.5 Å². The Balaban J connectivity index is 1.28. The van der Waals surface area contributed by atoms with Crippen LogP contribution in [-0.4, -0.2) is 21.9 Å². The van der Waals surface area contributed by atoms with Gasteiger partial charge in [0.15, 0.2) is 0 Å². The maximum atomic E-state index is 13.5. The van der Waals surface area contributed by atoms with E-state index >= 15 is 0 Å². The number of hydrogen-bond donors (Lipinski definition) is 1. The van der Waals surface area contributed by atoms with E-state index in [1.165, 1.54) is 0 Å².